The van der Waals surface area contributed by atoms with Crippen LogP contribution in [0, 0.1) is 6.92 Å². The number of ether oxygens (including phenoxy) is 1. The molecule has 0 saturated carbocycles. The van der Waals surface area contributed by atoms with Gasteiger partial charge < -0.3 is 14.5 Å². The van der Waals surface area contributed by atoms with E-state index in [1.54, 1.807) is 18.5 Å². The number of benzene rings is 1. The van der Waals surface area contributed by atoms with Crippen molar-refractivity contribution in [3.63, 3.8) is 0 Å². The van der Waals surface area contributed by atoms with Crippen LogP contribution in [0.25, 0.3) is 11.0 Å². The Morgan fingerprint density at radius 2 is 1.96 bits per heavy atom. The predicted molar refractivity (Wildman–Crippen MR) is 106 cm³/mol. The van der Waals surface area contributed by atoms with Crippen LogP contribution in [0.4, 0.5) is 5.95 Å². The number of anilines is 1. The SMILES string of the molecule is Cc1cc2oc(=O)cc(COC(=O)CCNc3ncccn3)c2cc1C(C)C. The summed E-state index contributed by atoms with van der Waals surface area (Å²) in [4.78, 5) is 32.0. The summed E-state index contributed by atoms with van der Waals surface area (Å²) in [5.74, 6) is 0.414. The molecule has 0 spiro atoms. The second-order valence-corrected chi connectivity index (χ2v) is 6.86. The molecule has 0 bridgehead atoms. The molecule has 7 heteroatoms. The Labute approximate surface area is 162 Å². The van der Waals surface area contributed by atoms with Gasteiger partial charge in [0.1, 0.15) is 12.2 Å². The lowest BCUT2D eigenvalue weighted by atomic mass is 9.95. The number of hydrogen-bond donors (Lipinski definition) is 1. The third-order valence-electron chi connectivity index (χ3n) is 4.41. The number of hydrogen-bond acceptors (Lipinski definition) is 7. The molecule has 0 unspecified atom stereocenters. The van der Waals surface area contributed by atoms with Crippen molar-refractivity contribution < 1.29 is 13.9 Å². The number of nitrogens with zero attached hydrogens (tertiary/aromatic N) is 2. The van der Waals surface area contributed by atoms with Crippen LogP contribution in [0.1, 0.15) is 42.9 Å². The maximum Gasteiger partial charge on any atom is 0.336 e. The van der Waals surface area contributed by atoms with Gasteiger partial charge in [-0.05, 0) is 42.2 Å². The molecule has 0 saturated heterocycles. The summed E-state index contributed by atoms with van der Waals surface area (Å²) in [7, 11) is 0. The van der Waals surface area contributed by atoms with Crippen molar-refractivity contribution in [2.45, 2.75) is 39.7 Å². The largest absolute Gasteiger partial charge is 0.461 e. The minimum atomic E-state index is -0.460. The average molecular weight is 381 g/mol. The molecule has 7 nitrogen and oxygen atoms in total. The van der Waals surface area contributed by atoms with Crippen LogP contribution in [-0.2, 0) is 16.1 Å². The van der Waals surface area contributed by atoms with Gasteiger partial charge >= 0.3 is 11.6 Å². The molecule has 0 radical (unpaired) electrons. The van der Waals surface area contributed by atoms with E-state index in [0.29, 0.717) is 29.6 Å². The number of aryl methyl sites for hydroxylation is 1. The first-order valence-corrected chi connectivity index (χ1v) is 9.18. The van der Waals surface area contributed by atoms with Gasteiger partial charge in [0.2, 0.25) is 5.95 Å². The monoisotopic (exact) mass is 381 g/mol. The first kappa shape index (κ1) is 19.5. The fraction of sp³-hybridized carbons (Fsp3) is 0.333. The maximum absolute atomic E-state index is 12.1. The van der Waals surface area contributed by atoms with E-state index in [9.17, 15) is 9.59 Å². The Morgan fingerprint density at radius 1 is 1.21 bits per heavy atom. The van der Waals surface area contributed by atoms with Gasteiger partial charge in [-0.25, -0.2) is 14.8 Å². The molecule has 0 aliphatic heterocycles. The lowest BCUT2D eigenvalue weighted by molar-refractivity contribution is -0.144. The molecule has 2 heterocycles. The second-order valence-electron chi connectivity index (χ2n) is 6.86. The first-order valence-electron chi connectivity index (χ1n) is 9.18. The minimum Gasteiger partial charge on any atom is -0.461 e. The second kappa shape index (κ2) is 8.65. The molecule has 0 atom stereocenters. The highest BCUT2D eigenvalue weighted by Crippen LogP contribution is 2.27. The summed E-state index contributed by atoms with van der Waals surface area (Å²) in [6, 6.07) is 6.97. The normalized spacial score (nSPS) is 11.0. The summed E-state index contributed by atoms with van der Waals surface area (Å²) in [6.07, 6.45) is 3.40. The number of fused-ring (bicyclic) bond motifs is 1. The predicted octanol–water partition coefficient (Wildman–Crippen LogP) is 3.56. The Bertz CT molecular complexity index is 1030. The molecule has 0 fully saturated rings. The number of nitrogens with one attached hydrogen (secondary N) is 1. The number of carbonyl (C=O) groups is 1. The van der Waals surface area contributed by atoms with E-state index < -0.39 is 5.63 Å². The van der Waals surface area contributed by atoms with Gasteiger partial charge in [-0.1, -0.05) is 13.8 Å². The molecular formula is C21H23N3O4. The third kappa shape index (κ3) is 4.73. The van der Waals surface area contributed by atoms with E-state index >= 15 is 0 Å². The zero-order valence-corrected chi connectivity index (χ0v) is 16.2. The summed E-state index contributed by atoms with van der Waals surface area (Å²) in [5.41, 5.74) is 2.91. The smallest absolute Gasteiger partial charge is 0.336 e. The minimum absolute atomic E-state index is 0.0172. The van der Waals surface area contributed by atoms with Crippen molar-refractivity contribution in [1.29, 1.82) is 0 Å². The van der Waals surface area contributed by atoms with Crippen molar-refractivity contribution in [2.75, 3.05) is 11.9 Å². The third-order valence-corrected chi connectivity index (χ3v) is 4.41. The van der Waals surface area contributed by atoms with Crippen molar-refractivity contribution in [1.82, 2.24) is 9.97 Å². The van der Waals surface area contributed by atoms with Gasteiger partial charge in [0.15, 0.2) is 0 Å². The molecular weight excluding hydrogens is 358 g/mol. The summed E-state index contributed by atoms with van der Waals surface area (Å²) < 4.78 is 10.7. The lowest BCUT2D eigenvalue weighted by Crippen LogP contribution is -2.13. The molecule has 1 N–H and O–H groups in total. The van der Waals surface area contributed by atoms with Gasteiger partial charge in [0.05, 0.1) is 6.42 Å². The van der Waals surface area contributed by atoms with E-state index in [0.717, 1.165) is 10.9 Å². The average Bonchev–Trinajstić information content (AvgIpc) is 2.66. The van der Waals surface area contributed by atoms with Gasteiger partial charge in [-0.15, -0.1) is 0 Å². The topological polar surface area (TPSA) is 94.3 Å². The highest BCUT2D eigenvalue weighted by molar-refractivity contribution is 5.82. The molecule has 28 heavy (non-hydrogen) atoms. The van der Waals surface area contributed by atoms with Crippen molar-refractivity contribution in [3.8, 4) is 0 Å². The highest BCUT2D eigenvalue weighted by Gasteiger charge is 2.13. The molecule has 1 aromatic carbocycles. The van der Waals surface area contributed by atoms with E-state index in [1.165, 1.54) is 11.6 Å². The molecule has 0 aliphatic carbocycles. The van der Waals surface area contributed by atoms with Gasteiger partial charge in [-0.3, -0.25) is 4.79 Å². The van der Waals surface area contributed by atoms with E-state index in [2.05, 4.69) is 29.1 Å². The number of esters is 1. The summed E-state index contributed by atoms with van der Waals surface area (Å²) in [5, 5.41) is 3.74. The Kier molecular flexibility index (Phi) is 6.03. The van der Waals surface area contributed by atoms with Crippen LogP contribution < -0.4 is 10.9 Å². The van der Waals surface area contributed by atoms with Crippen molar-refractivity contribution >= 4 is 22.9 Å². The fourth-order valence-corrected chi connectivity index (χ4v) is 3.03. The van der Waals surface area contributed by atoms with Gasteiger partial charge in [0, 0.05) is 36.0 Å². The summed E-state index contributed by atoms with van der Waals surface area (Å²) in [6.45, 7) is 6.58. The Hall–Kier alpha value is -3.22. The van der Waals surface area contributed by atoms with Crippen LogP contribution in [0.5, 0.6) is 0 Å². The highest BCUT2D eigenvalue weighted by atomic mass is 16.5. The van der Waals surface area contributed by atoms with Crippen LogP contribution >= 0.6 is 0 Å². The molecule has 146 valence electrons. The first-order chi connectivity index (χ1) is 13.4. The van der Waals surface area contributed by atoms with E-state index in [-0.39, 0.29) is 19.0 Å². The van der Waals surface area contributed by atoms with Crippen LogP contribution in [0.2, 0.25) is 0 Å². The van der Waals surface area contributed by atoms with Crippen molar-refractivity contribution in [3.05, 3.63) is 63.8 Å². The van der Waals surface area contributed by atoms with Crippen LogP contribution in [-0.4, -0.2) is 22.5 Å². The lowest BCUT2D eigenvalue weighted by Gasteiger charge is -2.13. The van der Waals surface area contributed by atoms with Gasteiger partial charge in [0.25, 0.3) is 0 Å². The maximum atomic E-state index is 12.1. The fourth-order valence-electron chi connectivity index (χ4n) is 3.03. The molecule has 3 aromatic rings. The number of aromatic nitrogens is 2. The van der Waals surface area contributed by atoms with Crippen LogP contribution in [0.3, 0.4) is 0 Å². The molecule has 2 aromatic heterocycles. The molecule has 0 aliphatic rings. The quantitative estimate of drug-likeness (QED) is 0.494. The zero-order chi connectivity index (χ0) is 20.1. The standard InChI is InChI=1S/C21H23N3O4/c1-13(2)16-11-17-15(10-20(26)28-18(17)9-14(16)3)12-27-19(25)5-8-24-21-22-6-4-7-23-21/h4,6-7,9-11,13H,5,8,12H2,1-3H3,(H,22,23,24). The number of rotatable bonds is 7. The summed E-state index contributed by atoms with van der Waals surface area (Å²) >= 11 is 0. The molecule has 3 rings (SSSR count). The van der Waals surface area contributed by atoms with Crippen LogP contribution in [0.15, 0.2) is 45.9 Å². The van der Waals surface area contributed by atoms with E-state index in [4.69, 9.17) is 9.15 Å². The van der Waals surface area contributed by atoms with E-state index in [1.807, 2.05) is 19.1 Å². The Morgan fingerprint density at radius 3 is 2.68 bits per heavy atom. The Balaban J connectivity index is 1.68. The molecule has 0 amide bonds. The number of carbonyl (C=O) groups excluding carboxylic acids is 1. The zero-order valence-electron chi connectivity index (χ0n) is 16.2. The van der Waals surface area contributed by atoms with Crippen molar-refractivity contribution in [2.24, 2.45) is 0 Å². The van der Waals surface area contributed by atoms with Gasteiger partial charge in [-0.2, -0.15) is 0 Å².